The smallest absolute Gasteiger partial charge is 0.336 e. The lowest BCUT2D eigenvalue weighted by atomic mass is 9.91. The minimum Gasteiger partial charge on any atom is -0.336 e. The molecule has 2 fully saturated rings. The molecule has 0 spiro atoms. The first kappa shape index (κ1) is 17.3. The molecule has 2 heterocycles. The van der Waals surface area contributed by atoms with Crippen molar-refractivity contribution in [2.24, 2.45) is 0 Å². The molecule has 0 aromatic heterocycles. The molecule has 2 saturated heterocycles. The molecule has 0 saturated carbocycles. The monoisotopic (exact) mass is 340 g/mol. The maximum absolute atomic E-state index is 13.0. The van der Waals surface area contributed by atoms with Crippen molar-refractivity contribution in [2.75, 3.05) is 6.54 Å². The van der Waals surface area contributed by atoms with Gasteiger partial charge in [0.05, 0.1) is 11.7 Å². The van der Waals surface area contributed by atoms with Gasteiger partial charge in [-0.15, -0.1) is 0 Å². The van der Waals surface area contributed by atoms with Crippen LogP contribution >= 0.6 is 0 Å². The fraction of sp³-hybridized carbons (Fsp3) is 0.611. The zero-order valence-electron chi connectivity index (χ0n) is 13.8. The first-order chi connectivity index (χ1) is 11.4. The summed E-state index contributed by atoms with van der Waals surface area (Å²) in [4.78, 5) is 14.9. The van der Waals surface area contributed by atoms with E-state index < -0.39 is 17.6 Å². The van der Waals surface area contributed by atoms with Crippen molar-refractivity contribution in [2.45, 2.75) is 63.8 Å². The van der Waals surface area contributed by atoms with Crippen LogP contribution in [0.3, 0.4) is 0 Å². The highest BCUT2D eigenvalue weighted by Gasteiger charge is 2.35. The molecule has 2 aliphatic heterocycles. The fourth-order valence-electron chi connectivity index (χ4n) is 4.03. The Morgan fingerprint density at radius 3 is 2.67 bits per heavy atom. The number of piperidine rings is 2. The number of benzene rings is 1. The van der Waals surface area contributed by atoms with Gasteiger partial charge in [0.15, 0.2) is 0 Å². The van der Waals surface area contributed by atoms with Crippen LogP contribution in [-0.4, -0.2) is 29.6 Å². The van der Waals surface area contributed by atoms with Gasteiger partial charge < -0.3 is 5.32 Å². The van der Waals surface area contributed by atoms with E-state index in [1.165, 1.54) is 25.5 Å². The number of nitrogens with one attached hydrogen (secondary N) is 1. The van der Waals surface area contributed by atoms with E-state index in [2.05, 4.69) is 10.2 Å². The second-order valence-electron chi connectivity index (χ2n) is 6.78. The molecular weight excluding hydrogens is 317 g/mol. The van der Waals surface area contributed by atoms with E-state index >= 15 is 0 Å². The van der Waals surface area contributed by atoms with E-state index in [9.17, 15) is 18.0 Å². The van der Waals surface area contributed by atoms with Crippen molar-refractivity contribution in [3.8, 4) is 0 Å². The quantitative estimate of drug-likeness (QED) is 0.879. The summed E-state index contributed by atoms with van der Waals surface area (Å²) in [5.41, 5.74) is -0.632. The Hall–Kier alpha value is -1.56. The van der Waals surface area contributed by atoms with E-state index in [1.54, 1.807) is 0 Å². The molecule has 24 heavy (non-hydrogen) atoms. The van der Waals surface area contributed by atoms with E-state index in [0.29, 0.717) is 6.04 Å². The molecule has 3 nitrogen and oxygen atoms in total. The standard InChI is InChI=1S/C18H23F3N2O/c1-12-14(8-5-9-15(12)18(19,20)21)17(24)22-16-10-4-7-13-6-2-3-11-23(13)16/h5,8-9,13,16H,2-4,6-7,10-11H2,1H3,(H,22,24). The summed E-state index contributed by atoms with van der Waals surface area (Å²) >= 11 is 0. The minimum absolute atomic E-state index is 0.00602. The molecule has 1 aromatic rings. The van der Waals surface area contributed by atoms with Crippen LogP contribution in [0.25, 0.3) is 0 Å². The average Bonchev–Trinajstić information content (AvgIpc) is 2.54. The number of hydrogen-bond acceptors (Lipinski definition) is 2. The Kier molecular flexibility index (Phi) is 4.85. The zero-order chi connectivity index (χ0) is 17.3. The van der Waals surface area contributed by atoms with Crippen LogP contribution in [0.5, 0.6) is 0 Å². The van der Waals surface area contributed by atoms with E-state index in [0.717, 1.165) is 44.7 Å². The van der Waals surface area contributed by atoms with Gasteiger partial charge in [0.1, 0.15) is 0 Å². The van der Waals surface area contributed by atoms with Gasteiger partial charge >= 0.3 is 6.18 Å². The van der Waals surface area contributed by atoms with Crippen LogP contribution in [0.15, 0.2) is 18.2 Å². The topological polar surface area (TPSA) is 32.3 Å². The number of carbonyl (C=O) groups excluding carboxylic acids is 1. The number of carbonyl (C=O) groups is 1. The molecule has 3 rings (SSSR count). The third kappa shape index (κ3) is 3.43. The summed E-state index contributed by atoms with van der Waals surface area (Å²) in [5.74, 6) is -0.408. The van der Waals surface area contributed by atoms with Crippen molar-refractivity contribution >= 4 is 5.91 Å². The summed E-state index contributed by atoms with van der Waals surface area (Å²) < 4.78 is 39.1. The molecule has 2 unspecified atom stereocenters. The van der Waals surface area contributed by atoms with Gasteiger partial charge in [-0.25, -0.2) is 0 Å². The largest absolute Gasteiger partial charge is 0.416 e. The second kappa shape index (κ2) is 6.75. The Balaban J connectivity index is 1.77. The van der Waals surface area contributed by atoms with Crippen LogP contribution in [-0.2, 0) is 6.18 Å². The average molecular weight is 340 g/mol. The summed E-state index contributed by atoms with van der Waals surface area (Å²) in [5, 5.41) is 2.97. The van der Waals surface area contributed by atoms with Crippen LogP contribution in [0, 0.1) is 6.92 Å². The number of nitrogens with zero attached hydrogens (tertiary/aromatic N) is 1. The molecular formula is C18H23F3N2O. The Bertz CT molecular complexity index is 613. The molecule has 132 valence electrons. The van der Waals surface area contributed by atoms with Gasteiger partial charge in [-0.2, -0.15) is 13.2 Å². The molecule has 0 bridgehead atoms. The molecule has 1 N–H and O–H groups in total. The first-order valence-electron chi connectivity index (χ1n) is 8.61. The molecule has 2 atom stereocenters. The number of amides is 1. The number of alkyl halides is 3. The van der Waals surface area contributed by atoms with E-state index in [-0.39, 0.29) is 17.3 Å². The van der Waals surface area contributed by atoms with Crippen molar-refractivity contribution in [3.63, 3.8) is 0 Å². The highest BCUT2D eigenvalue weighted by molar-refractivity contribution is 5.96. The lowest BCUT2D eigenvalue weighted by Crippen LogP contribution is -2.56. The van der Waals surface area contributed by atoms with Gasteiger partial charge in [0, 0.05) is 18.2 Å². The molecule has 6 heteroatoms. The highest BCUT2D eigenvalue weighted by atomic mass is 19.4. The predicted octanol–water partition coefficient (Wildman–Crippen LogP) is 4.11. The second-order valence-corrected chi connectivity index (χ2v) is 6.78. The van der Waals surface area contributed by atoms with Gasteiger partial charge in [0.25, 0.3) is 5.91 Å². The Morgan fingerprint density at radius 1 is 1.17 bits per heavy atom. The molecule has 1 aromatic carbocycles. The summed E-state index contributed by atoms with van der Waals surface area (Å²) in [6, 6.07) is 4.29. The van der Waals surface area contributed by atoms with Crippen molar-refractivity contribution in [1.29, 1.82) is 0 Å². The van der Waals surface area contributed by atoms with Gasteiger partial charge in [-0.1, -0.05) is 12.5 Å². The van der Waals surface area contributed by atoms with Gasteiger partial charge in [0.2, 0.25) is 0 Å². The number of halogens is 3. The number of hydrogen-bond donors (Lipinski definition) is 1. The summed E-state index contributed by atoms with van der Waals surface area (Å²) in [6.45, 7) is 2.32. The zero-order valence-corrected chi connectivity index (χ0v) is 13.8. The third-order valence-electron chi connectivity index (χ3n) is 5.27. The Morgan fingerprint density at radius 2 is 1.92 bits per heavy atom. The SMILES string of the molecule is Cc1c(C(=O)NC2CCCC3CCCCN32)cccc1C(F)(F)F. The lowest BCUT2D eigenvalue weighted by Gasteiger charge is -2.45. The van der Waals surface area contributed by atoms with Crippen molar-refractivity contribution in [3.05, 3.63) is 34.9 Å². The van der Waals surface area contributed by atoms with Crippen LogP contribution in [0.1, 0.15) is 60.0 Å². The van der Waals surface area contributed by atoms with Crippen LogP contribution in [0.2, 0.25) is 0 Å². The minimum atomic E-state index is -4.44. The molecule has 1 amide bonds. The number of rotatable bonds is 2. The number of fused-ring (bicyclic) bond motifs is 1. The van der Waals surface area contributed by atoms with E-state index in [1.807, 2.05) is 0 Å². The molecule has 0 aliphatic carbocycles. The highest BCUT2D eigenvalue weighted by Crippen LogP contribution is 2.33. The van der Waals surface area contributed by atoms with Gasteiger partial charge in [-0.05, 0) is 56.7 Å². The fourth-order valence-corrected chi connectivity index (χ4v) is 4.03. The Labute approximate surface area is 140 Å². The molecule has 0 radical (unpaired) electrons. The predicted molar refractivity (Wildman–Crippen MR) is 85.6 cm³/mol. The molecule has 2 aliphatic rings. The maximum Gasteiger partial charge on any atom is 0.416 e. The third-order valence-corrected chi connectivity index (χ3v) is 5.27. The normalized spacial score (nSPS) is 25.2. The summed E-state index contributed by atoms with van der Waals surface area (Å²) in [6.07, 6.45) is 2.03. The maximum atomic E-state index is 13.0. The lowest BCUT2D eigenvalue weighted by molar-refractivity contribution is -0.138. The first-order valence-corrected chi connectivity index (χ1v) is 8.61. The van der Waals surface area contributed by atoms with E-state index in [4.69, 9.17) is 0 Å². The van der Waals surface area contributed by atoms with Gasteiger partial charge in [-0.3, -0.25) is 9.69 Å². The van der Waals surface area contributed by atoms with Crippen molar-refractivity contribution < 1.29 is 18.0 Å². The van der Waals surface area contributed by atoms with Crippen molar-refractivity contribution in [1.82, 2.24) is 10.2 Å². The van der Waals surface area contributed by atoms with Crippen LogP contribution < -0.4 is 5.32 Å². The van der Waals surface area contributed by atoms with Crippen LogP contribution in [0.4, 0.5) is 13.2 Å². The summed E-state index contributed by atoms with van der Waals surface area (Å²) in [7, 11) is 0.